The number of aryl methyl sites for hydroxylation is 1. The maximum Gasteiger partial charge on any atom is 0.334 e. The van der Waals surface area contributed by atoms with E-state index in [0.29, 0.717) is 22.1 Å². The number of cyclic esters (lactones) is 1. The molecule has 2 unspecified atom stereocenters. The van der Waals surface area contributed by atoms with Crippen LogP contribution in [0.2, 0.25) is 0 Å². The highest BCUT2D eigenvalue weighted by atomic mass is 16.6. The molecule has 2 heterocycles. The first-order chi connectivity index (χ1) is 12.1. The molecule has 1 aliphatic rings. The Kier molecular flexibility index (Phi) is 3.53. The smallest absolute Gasteiger partial charge is 0.334 e. The number of para-hydroxylation sites is 1. The van der Waals surface area contributed by atoms with Gasteiger partial charge in [-0.2, -0.15) is 0 Å². The summed E-state index contributed by atoms with van der Waals surface area (Å²) >= 11 is 0. The SMILES string of the molecule is C=C1C(=O)OC(c2coc3ccccc3c2=O)C1c1ccc(C)cc1. The molecule has 0 spiro atoms. The van der Waals surface area contributed by atoms with Crippen LogP contribution in [0.4, 0.5) is 0 Å². The molecule has 4 rings (SSSR count). The van der Waals surface area contributed by atoms with Gasteiger partial charge in [-0.15, -0.1) is 0 Å². The first-order valence-corrected chi connectivity index (χ1v) is 8.03. The number of ether oxygens (including phenoxy) is 1. The fraction of sp³-hybridized carbons (Fsp3) is 0.143. The number of benzene rings is 2. The zero-order valence-corrected chi connectivity index (χ0v) is 13.7. The van der Waals surface area contributed by atoms with E-state index in [1.807, 2.05) is 31.2 Å². The van der Waals surface area contributed by atoms with E-state index in [2.05, 4.69) is 6.58 Å². The predicted molar refractivity (Wildman–Crippen MR) is 94.4 cm³/mol. The van der Waals surface area contributed by atoms with Crippen molar-refractivity contribution >= 4 is 16.9 Å². The second kappa shape index (κ2) is 5.74. The maximum absolute atomic E-state index is 12.9. The Balaban J connectivity index is 1.87. The molecule has 124 valence electrons. The van der Waals surface area contributed by atoms with Crippen molar-refractivity contribution < 1.29 is 13.9 Å². The zero-order chi connectivity index (χ0) is 17.6. The minimum atomic E-state index is -0.733. The van der Waals surface area contributed by atoms with Gasteiger partial charge < -0.3 is 9.15 Å². The van der Waals surface area contributed by atoms with Crippen molar-refractivity contribution in [3.63, 3.8) is 0 Å². The fourth-order valence-corrected chi connectivity index (χ4v) is 3.25. The van der Waals surface area contributed by atoms with Crippen molar-refractivity contribution in [3.05, 3.63) is 93.9 Å². The first kappa shape index (κ1) is 15.4. The minimum Gasteiger partial charge on any atom is -0.464 e. The Morgan fingerprint density at radius 2 is 1.72 bits per heavy atom. The summed E-state index contributed by atoms with van der Waals surface area (Å²) in [5.41, 5.74) is 3.00. The monoisotopic (exact) mass is 332 g/mol. The van der Waals surface area contributed by atoms with Gasteiger partial charge >= 0.3 is 5.97 Å². The molecule has 1 aliphatic heterocycles. The Morgan fingerprint density at radius 1 is 1.00 bits per heavy atom. The lowest BCUT2D eigenvalue weighted by atomic mass is 9.86. The number of rotatable bonds is 2. The van der Waals surface area contributed by atoms with Gasteiger partial charge in [-0.1, -0.05) is 48.5 Å². The van der Waals surface area contributed by atoms with Gasteiger partial charge in [-0.25, -0.2) is 4.79 Å². The Morgan fingerprint density at radius 3 is 2.48 bits per heavy atom. The molecule has 4 heteroatoms. The molecule has 2 atom stereocenters. The lowest BCUT2D eigenvalue weighted by Gasteiger charge is -2.18. The Hall–Kier alpha value is -3.14. The van der Waals surface area contributed by atoms with E-state index in [9.17, 15) is 9.59 Å². The predicted octanol–water partition coefficient (Wildman–Crippen LogP) is 4.04. The topological polar surface area (TPSA) is 56.5 Å². The second-order valence-electron chi connectivity index (χ2n) is 6.26. The van der Waals surface area contributed by atoms with Gasteiger partial charge in [0.2, 0.25) is 0 Å². The largest absolute Gasteiger partial charge is 0.464 e. The quantitative estimate of drug-likeness (QED) is 0.525. The van der Waals surface area contributed by atoms with Crippen molar-refractivity contribution in [2.75, 3.05) is 0 Å². The average molecular weight is 332 g/mol. The molecule has 4 nitrogen and oxygen atoms in total. The summed E-state index contributed by atoms with van der Waals surface area (Å²) < 4.78 is 11.1. The third-order valence-electron chi connectivity index (χ3n) is 4.62. The lowest BCUT2D eigenvalue weighted by Crippen LogP contribution is -2.17. The average Bonchev–Trinajstić information content (AvgIpc) is 2.91. The van der Waals surface area contributed by atoms with Crippen LogP contribution in [0.15, 0.2) is 76.2 Å². The summed E-state index contributed by atoms with van der Waals surface area (Å²) in [4.78, 5) is 25.0. The Bertz CT molecular complexity index is 1040. The van der Waals surface area contributed by atoms with Gasteiger partial charge in [-0.05, 0) is 24.6 Å². The molecule has 0 radical (unpaired) electrons. The molecule has 3 aromatic rings. The van der Waals surface area contributed by atoms with Crippen molar-refractivity contribution in [2.45, 2.75) is 18.9 Å². The summed E-state index contributed by atoms with van der Waals surface area (Å²) in [7, 11) is 0. The van der Waals surface area contributed by atoms with E-state index in [-0.39, 0.29) is 5.43 Å². The van der Waals surface area contributed by atoms with E-state index in [1.165, 1.54) is 6.26 Å². The zero-order valence-electron chi connectivity index (χ0n) is 13.7. The molecule has 0 aliphatic carbocycles. The molecule has 0 amide bonds. The lowest BCUT2D eigenvalue weighted by molar-refractivity contribution is -0.139. The molecule has 1 saturated heterocycles. The standard InChI is InChI=1S/C21H16O4/c1-12-7-9-14(10-8-12)18-13(2)21(23)25-20(18)16-11-24-17-6-4-3-5-15(17)19(16)22/h3-11,18,20H,2H2,1H3. The van der Waals surface area contributed by atoms with Crippen LogP contribution >= 0.6 is 0 Å². The number of carbonyl (C=O) groups is 1. The number of esters is 1. The normalized spacial score (nSPS) is 20.0. The molecule has 25 heavy (non-hydrogen) atoms. The molecule has 2 aromatic carbocycles. The van der Waals surface area contributed by atoms with Gasteiger partial charge in [0.15, 0.2) is 5.43 Å². The number of hydrogen-bond acceptors (Lipinski definition) is 4. The van der Waals surface area contributed by atoms with E-state index in [1.54, 1.807) is 24.3 Å². The van der Waals surface area contributed by atoms with Gasteiger partial charge in [0.1, 0.15) is 18.0 Å². The third-order valence-corrected chi connectivity index (χ3v) is 4.62. The minimum absolute atomic E-state index is 0.188. The highest BCUT2D eigenvalue weighted by Crippen LogP contribution is 2.44. The van der Waals surface area contributed by atoms with Crippen molar-refractivity contribution in [3.8, 4) is 0 Å². The number of fused-ring (bicyclic) bond motifs is 1. The molecule has 1 aromatic heterocycles. The van der Waals surface area contributed by atoms with Gasteiger partial charge in [0.05, 0.1) is 16.9 Å². The van der Waals surface area contributed by atoms with E-state index < -0.39 is 18.0 Å². The molecular formula is C21H16O4. The van der Waals surface area contributed by atoms with Crippen LogP contribution in [-0.2, 0) is 9.53 Å². The number of carbonyl (C=O) groups excluding carboxylic acids is 1. The van der Waals surface area contributed by atoms with E-state index >= 15 is 0 Å². The van der Waals surface area contributed by atoms with Gasteiger partial charge in [0.25, 0.3) is 0 Å². The van der Waals surface area contributed by atoms with E-state index in [4.69, 9.17) is 9.15 Å². The van der Waals surface area contributed by atoms with Crippen LogP contribution in [-0.4, -0.2) is 5.97 Å². The van der Waals surface area contributed by atoms with Crippen LogP contribution in [0, 0.1) is 6.92 Å². The third kappa shape index (κ3) is 2.47. The summed E-state index contributed by atoms with van der Waals surface area (Å²) in [5, 5.41) is 0.469. The summed E-state index contributed by atoms with van der Waals surface area (Å²) in [6, 6.07) is 14.8. The molecular weight excluding hydrogens is 316 g/mol. The highest BCUT2D eigenvalue weighted by molar-refractivity contribution is 5.92. The van der Waals surface area contributed by atoms with Crippen molar-refractivity contribution in [1.29, 1.82) is 0 Å². The number of hydrogen-bond donors (Lipinski definition) is 0. The second-order valence-corrected chi connectivity index (χ2v) is 6.26. The van der Waals surface area contributed by atoms with Gasteiger partial charge in [0, 0.05) is 5.57 Å². The van der Waals surface area contributed by atoms with Crippen LogP contribution in [0.5, 0.6) is 0 Å². The Labute approximate surface area is 144 Å². The summed E-state index contributed by atoms with van der Waals surface area (Å²) in [6.07, 6.45) is 0.658. The van der Waals surface area contributed by atoms with E-state index in [0.717, 1.165) is 11.1 Å². The molecule has 0 saturated carbocycles. The van der Waals surface area contributed by atoms with Gasteiger partial charge in [-0.3, -0.25) is 4.79 Å². The van der Waals surface area contributed by atoms with Crippen LogP contribution in [0.3, 0.4) is 0 Å². The van der Waals surface area contributed by atoms with Crippen molar-refractivity contribution in [1.82, 2.24) is 0 Å². The van der Waals surface area contributed by atoms with Crippen LogP contribution in [0.1, 0.15) is 28.7 Å². The molecule has 1 fully saturated rings. The molecule has 0 bridgehead atoms. The summed E-state index contributed by atoms with van der Waals surface area (Å²) in [5.74, 6) is -0.889. The highest BCUT2D eigenvalue weighted by Gasteiger charge is 2.42. The first-order valence-electron chi connectivity index (χ1n) is 8.03. The molecule has 0 N–H and O–H groups in total. The van der Waals surface area contributed by atoms with Crippen molar-refractivity contribution in [2.24, 2.45) is 0 Å². The fourth-order valence-electron chi connectivity index (χ4n) is 3.25. The van der Waals surface area contributed by atoms with Crippen LogP contribution < -0.4 is 5.43 Å². The van der Waals surface area contributed by atoms with Crippen LogP contribution in [0.25, 0.3) is 11.0 Å². The maximum atomic E-state index is 12.9. The summed E-state index contributed by atoms with van der Waals surface area (Å²) in [6.45, 7) is 5.87.